The van der Waals surface area contributed by atoms with E-state index in [4.69, 9.17) is 9.47 Å². The maximum Gasteiger partial charge on any atom is 0.306 e. The van der Waals surface area contributed by atoms with Gasteiger partial charge in [-0.3, -0.25) is 4.79 Å². The molecule has 0 saturated carbocycles. The Bertz CT molecular complexity index is 503. The van der Waals surface area contributed by atoms with E-state index in [9.17, 15) is 4.79 Å². The van der Waals surface area contributed by atoms with Crippen molar-refractivity contribution in [2.75, 3.05) is 13.2 Å². The Morgan fingerprint density at radius 2 is 2.10 bits per heavy atom. The van der Waals surface area contributed by atoms with Crippen LogP contribution in [0.1, 0.15) is 31.4 Å². The minimum Gasteiger partial charge on any atom is -0.466 e. The Morgan fingerprint density at radius 3 is 2.70 bits per heavy atom. The van der Waals surface area contributed by atoms with Gasteiger partial charge in [-0.25, -0.2) is 0 Å². The van der Waals surface area contributed by atoms with Gasteiger partial charge in [0.2, 0.25) is 0 Å². The van der Waals surface area contributed by atoms with Gasteiger partial charge in [-0.05, 0) is 31.9 Å². The molecular formula is C17H22O3. The summed E-state index contributed by atoms with van der Waals surface area (Å²) in [4.78, 5) is 11.8. The summed E-state index contributed by atoms with van der Waals surface area (Å²) in [6, 6.07) is 8.25. The minimum absolute atomic E-state index is 0.0377. The van der Waals surface area contributed by atoms with E-state index in [1.807, 2.05) is 13.8 Å². The molecule has 1 aromatic rings. The molecule has 1 aliphatic rings. The van der Waals surface area contributed by atoms with Gasteiger partial charge >= 0.3 is 5.97 Å². The predicted octanol–water partition coefficient (Wildman–Crippen LogP) is 3.37. The van der Waals surface area contributed by atoms with Crippen LogP contribution in [0.2, 0.25) is 0 Å². The molecule has 1 aliphatic heterocycles. The SMILES string of the molecule is C=C1CO[C@@](C)(c2ccc(C)cc2)[C@H]1CC(=O)OCC. The molecule has 3 nitrogen and oxygen atoms in total. The highest BCUT2D eigenvalue weighted by molar-refractivity contribution is 5.70. The molecule has 1 heterocycles. The number of rotatable bonds is 4. The lowest BCUT2D eigenvalue weighted by molar-refractivity contribution is -0.145. The number of aryl methyl sites for hydroxylation is 1. The van der Waals surface area contributed by atoms with Crippen molar-refractivity contribution in [3.8, 4) is 0 Å². The molecule has 2 atom stereocenters. The Balaban J connectivity index is 2.25. The topological polar surface area (TPSA) is 35.5 Å². The Hall–Kier alpha value is -1.61. The zero-order valence-electron chi connectivity index (χ0n) is 12.4. The summed E-state index contributed by atoms with van der Waals surface area (Å²) in [5, 5.41) is 0. The smallest absolute Gasteiger partial charge is 0.306 e. The molecule has 0 radical (unpaired) electrons. The molecule has 108 valence electrons. The van der Waals surface area contributed by atoms with Crippen molar-refractivity contribution in [1.29, 1.82) is 0 Å². The summed E-state index contributed by atoms with van der Waals surface area (Å²) in [5.41, 5.74) is 2.74. The second-order valence-corrected chi connectivity index (χ2v) is 5.48. The lowest BCUT2D eigenvalue weighted by Gasteiger charge is -2.30. The number of carbonyl (C=O) groups excluding carboxylic acids is 1. The van der Waals surface area contributed by atoms with E-state index in [0.29, 0.717) is 19.6 Å². The van der Waals surface area contributed by atoms with Gasteiger partial charge in [0.25, 0.3) is 0 Å². The molecule has 0 aliphatic carbocycles. The molecule has 2 rings (SSSR count). The average molecular weight is 274 g/mol. The number of esters is 1. The first-order chi connectivity index (χ1) is 9.47. The van der Waals surface area contributed by atoms with Crippen LogP contribution in [0, 0.1) is 12.8 Å². The Morgan fingerprint density at radius 1 is 1.45 bits per heavy atom. The zero-order valence-corrected chi connectivity index (χ0v) is 12.4. The summed E-state index contributed by atoms with van der Waals surface area (Å²) >= 11 is 0. The van der Waals surface area contributed by atoms with E-state index in [2.05, 4.69) is 37.8 Å². The molecule has 0 spiro atoms. The van der Waals surface area contributed by atoms with Crippen molar-refractivity contribution in [3.05, 3.63) is 47.5 Å². The average Bonchev–Trinajstić information content (AvgIpc) is 2.69. The van der Waals surface area contributed by atoms with E-state index in [0.717, 1.165) is 11.1 Å². The van der Waals surface area contributed by atoms with Gasteiger partial charge in [0, 0.05) is 5.92 Å². The molecule has 3 heteroatoms. The van der Waals surface area contributed by atoms with Crippen LogP contribution >= 0.6 is 0 Å². The number of benzene rings is 1. The normalized spacial score (nSPS) is 25.8. The fourth-order valence-electron chi connectivity index (χ4n) is 2.73. The molecule has 0 unspecified atom stereocenters. The van der Waals surface area contributed by atoms with Crippen LogP contribution < -0.4 is 0 Å². The van der Waals surface area contributed by atoms with E-state index >= 15 is 0 Å². The van der Waals surface area contributed by atoms with Crippen LogP contribution in [0.5, 0.6) is 0 Å². The van der Waals surface area contributed by atoms with Crippen LogP contribution in [0.25, 0.3) is 0 Å². The van der Waals surface area contributed by atoms with Gasteiger partial charge < -0.3 is 9.47 Å². The lowest BCUT2D eigenvalue weighted by Crippen LogP contribution is -2.31. The number of ether oxygens (including phenoxy) is 2. The first kappa shape index (κ1) is 14.8. The van der Waals surface area contributed by atoms with Crippen molar-refractivity contribution in [2.45, 2.75) is 32.8 Å². The van der Waals surface area contributed by atoms with Crippen LogP contribution in [0.15, 0.2) is 36.4 Å². The maximum atomic E-state index is 11.8. The van der Waals surface area contributed by atoms with Gasteiger partial charge in [0.1, 0.15) is 0 Å². The summed E-state index contributed by atoms with van der Waals surface area (Å²) < 4.78 is 11.0. The van der Waals surface area contributed by atoms with Crippen molar-refractivity contribution < 1.29 is 14.3 Å². The molecule has 0 N–H and O–H groups in total. The highest BCUT2D eigenvalue weighted by Crippen LogP contribution is 2.45. The number of hydrogen-bond acceptors (Lipinski definition) is 3. The summed E-state index contributed by atoms with van der Waals surface area (Å²) in [7, 11) is 0. The largest absolute Gasteiger partial charge is 0.466 e. The maximum absolute atomic E-state index is 11.8. The molecule has 0 aromatic heterocycles. The first-order valence-electron chi connectivity index (χ1n) is 7.01. The fourth-order valence-corrected chi connectivity index (χ4v) is 2.73. The van der Waals surface area contributed by atoms with Crippen molar-refractivity contribution in [3.63, 3.8) is 0 Å². The summed E-state index contributed by atoms with van der Waals surface area (Å²) in [6.07, 6.45) is 0.317. The van der Waals surface area contributed by atoms with Gasteiger partial charge in [-0.15, -0.1) is 0 Å². The highest BCUT2D eigenvalue weighted by atomic mass is 16.5. The molecular weight excluding hydrogens is 252 g/mol. The summed E-state index contributed by atoms with van der Waals surface area (Å²) in [5.74, 6) is -0.230. The number of carbonyl (C=O) groups is 1. The van der Waals surface area contributed by atoms with E-state index in [1.165, 1.54) is 5.56 Å². The van der Waals surface area contributed by atoms with Crippen LogP contribution in [-0.4, -0.2) is 19.2 Å². The molecule has 1 fully saturated rings. The molecule has 20 heavy (non-hydrogen) atoms. The monoisotopic (exact) mass is 274 g/mol. The van der Waals surface area contributed by atoms with E-state index < -0.39 is 5.60 Å². The fraction of sp³-hybridized carbons (Fsp3) is 0.471. The van der Waals surface area contributed by atoms with Gasteiger partial charge in [-0.2, -0.15) is 0 Å². The second kappa shape index (κ2) is 5.80. The highest BCUT2D eigenvalue weighted by Gasteiger charge is 2.45. The first-order valence-corrected chi connectivity index (χ1v) is 7.01. The molecule has 0 bridgehead atoms. The zero-order chi connectivity index (χ0) is 14.8. The van der Waals surface area contributed by atoms with Crippen LogP contribution in [0.4, 0.5) is 0 Å². The van der Waals surface area contributed by atoms with Crippen molar-refractivity contribution in [2.24, 2.45) is 5.92 Å². The second-order valence-electron chi connectivity index (χ2n) is 5.48. The molecule has 0 amide bonds. The Kier molecular flexibility index (Phi) is 4.29. The van der Waals surface area contributed by atoms with Gasteiger partial charge in [-0.1, -0.05) is 36.4 Å². The van der Waals surface area contributed by atoms with E-state index in [1.54, 1.807) is 0 Å². The van der Waals surface area contributed by atoms with Crippen LogP contribution in [0.3, 0.4) is 0 Å². The third-order valence-electron chi connectivity index (χ3n) is 4.02. The van der Waals surface area contributed by atoms with Crippen molar-refractivity contribution in [1.82, 2.24) is 0 Å². The Labute approximate surface area is 120 Å². The lowest BCUT2D eigenvalue weighted by atomic mass is 9.79. The molecule has 1 aromatic carbocycles. The van der Waals surface area contributed by atoms with Gasteiger partial charge in [0.15, 0.2) is 0 Å². The van der Waals surface area contributed by atoms with Crippen molar-refractivity contribution >= 4 is 5.97 Å². The van der Waals surface area contributed by atoms with Gasteiger partial charge in [0.05, 0.1) is 25.2 Å². The molecule has 1 saturated heterocycles. The van der Waals surface area contributed by atoms with E-state index in [-0.39, 0.29) is 11.9 Å². The predicted molar refractivity (Wildman–Crippen MR) is 78.4 cm³/mol. The standard InChI is InChI=1S/C17H22O3/c1-5-19-16(18)10-15-13(3)11-20-17(15,4)14-8-6-12(2)7-9-14/h6-9,15H,3,5,10-11H2,1-2,4H3/t15-,17-/m0/s1. The third kappa shape index (κ3) is 2.78. The quantitative estimate of drug-likeness (QED) is 0.624. The van der Waals surface area contributed by atoms with Crippen LogP contribution in [-0.2, 0) is 19.9 Å². The minimum atomic E-state index is -0.502. The summed E-state index contributed by atoms with van der Waals surface area (Å²) in [6.45, 7) is 10.8. The number of hydrogen-bond donors (Lipinski definition) is 0. The third-order valence-corrected chi connectivity index (χ3v) is 4.02.